The topological polar surface area (TPSA) is 9.23 Å². The average molecular weight is 303 g/mol. The molecule has 2 rings (SSSR count). The first-order chi connectivity index (χ1) is 9.95. The number of hydrogen-bond donors (Lipinski definition) is 0. The molecule has 0 spiro atoms. The molecule has 0 N–H and O–H groups in total. The Hall–Kier alpha value is -1.47. The molecule has 112 valence electrons. The fourth-order valence-electron chi connectivity index (χ4n) is 2.31. The van der Waals surface area contributed by atoms with E-state index in [0.717, 1.165) is 17.7 Å². The Balaban J connectivity index is 2.12. The fraction of sp³-hybridized carbons (Fsp3) is 0.368. The maximum absolute atomic E-state index is 6.59. The number of hydrogen-bond acceptors (Lipinski definition) is 1. The van der Waals surface area contributed by atoms with Crippen molar-refractivity contribution in [3.63, 3.8) is 0 Å². The van der Waals surface area contributed by atoms with Gasteiger partial charge in [0.25, 0.3) is 0 Å². The molecule has 0 radical (unpaired) electrons. The van der Waals surface area contributed by atoms with Crippen LogP contribution in [0.2, 0.25) is 0 Å². The van der Waals surface area contributed by atoms with Crippen LogP contribution in [0.5, 0.6) is 5.75 Å². The van der Waals surface area contributed by atoms with Crippen LogP contribution < -0.4 is 4.74 Å². The zero-order chi connectivity index (χ0) is 15.4. The molecule has 0 saturated heterocycles. The van der Waals surface area contributed by atoms with E-state index in [1.165, 1.54) is 16.7 Å². The van der Waals surface area contributed by atoms with E-state index in [0.29, 0.717) is 0 Å². The summed E-state index contributed by atoms with van der Waals surface area (Å²) in [5.41, 5.74) is 5.01. The summed E-state index contributed by atoms with van der Waals surface area (Å²) in [7, 11) is 0. The predicted octanol–water partition coefficient (Wildman–Crippen LogP) is 5.61. The molecule has 1 nitrogen and oxygen atoms in total. The molecule has 0 saturated carbocycles. The molecule has 0 aliphatic heterocycles. The highest BCUT2D eigenvalue weighted by atomic mass is 35.5. The highest BCUT2D eigenvalue weighted by molar-refractivity contribution is 6.20. The van der Waals surface area contributed by atoms with Crippen LogP contribution in [0, 0.1) is 13.8 Å². The van der Waals surface area contributed by atoms with E-state index in [1.807, 2.05) is 32.0 Å². The molecule has 0 aliphatic carbocycles. The van der Waals surface area contributed by atoms with Crippen LogP contribution in [0.25, 0.3) is 0 Å². The van der Waals surface area contributed by atoms with Crippen LogP contribution in [0.15, 0.2) is 42.5 Å². The first-order valence-electron chi connectivity index (χ1n) is 7.42. The zero-order valence-electron chi connectivity index (χ0n) is 13.2. The molecular formula is C19H23ClO. The van der Waals surface area contributed by atoms with Gasteiger partial charge in [-0.1, -0.05) is 30.3 Å². The third kappa shape index (κ3) is 4.50. The van der Waals surface area contributed by atoms with Crippen molar-refractivity contribution < 1.29 is 4.74 Å². The normalized spacial score (nSPS) is 12.5. The standard InChI is InChI=1S/C19H23ClO/c1-13(2)21-18-7-5-6-17(12-18)19(20)11-16-9-8-14(3)15(4)10-16/h5-10,12-13,19H,11H2,1-4H3. The summed E-state index contributed by atoms with van der Waals surface area (Å²) in [5.74, 6) is 0.883. The smallest absolute Gasteiger partial charge is 0.120 e. The largest absolute Gasteiger partial charge is 0.491 e. The lowest BCUT2D eigenvalue weighted by Gasteiger charge is -2.14. The van der Waals surface area contributed by atoms with E-state index < -0.39 is 0 Å². The molecule has 21 heavy (non-hydrogen) atoms. The van der Waals surface area contributed by atoms with Gasteiger partial charge < -0.3 is 4.74 Å². The lowest BCUT2D eigenvalue weighted by Crippen LogP contribution is -2.06. The fourth-order valence-corrected chi connectivity index (χ4v) is 2.62. The minimum Gasteiger partial charge on any atom is -0.491 e. The molecule has 0 bridgehead atoms. The van der Waals surface area contributed by atoms with Gasteiger partial charge in [-0.15, -0.1) is 11.6 Å². The SMILES string of the molecule is Cc1ccc(CC(Cl)c2cccc(OC(C)C)c2)cc1C. The van der Waals surface area contributed by atoms with Crippen LogP contribution >= 0.6 is 11.6 Å². The van der Waals surface area contributed by atoms with Crippen LogP contribution in [-0.2, 0) is 6.42 Å². The van der Waals surface area contributed by atoms with Crippen LogP contribution in [0.1, 0.15) is 41.5 Å². The van der Waals surface area contributed by atoms with E-state index in [1.54, 1.807) is 0 Å². The Kier molecular flexibility index (Phi) is 5.30. The summed E-state index contributed by atoms with van der Waals surface area (Å²) in [5, 5.41) is -0.0391. The number of rotatable bonds is 5. The Labute approximate surface area is 132 Å². The molecule has 2 aromatic carbocycles. The molecule has 2 aromatic rings. The van der Waals surface area contributed by atoms with Crippen LogP contribution in [0.4, 0.5) is 0 Å². The van der Waals surface area contributed by atoms with Crippen molar-refractivity contribution in [3.05, 3.63) is 64.7 Å². The molecule has 0 aliphatic rings. The van der Waals surface area contributed by atoms with Crippen molar-refractivity contribution in [2.24, 2.45) is 0 Å². The second-order valence-electron chi connectivity index (χ2n) is 5.83. The molecule has 1 unspecified atom stereocenters. The second kappa shape index (κ2) is 7.00. The van der Waals surface area contributed by atoms with Gasteiger partial charge in [-0.25, -0.2) is 0 Å². The van der Waals surface area contributed by atoms with Gasteiger partial charge in [-0.2, -0.15) is 0 Å². The van der Waals surface area contributed by atoms with Gasteiger partial charge in [0.2, 0.25) is 0 Å². The number of aryl methyl sites for hydroxylation is 2. The highest BCUT2D eigenvalue weighted by Gasteiger charge is 2.11. The minimum atomic E-state index is -0.0391. The molecule has 1 atom stereocenters. The van der Waals surface area contributed by atoms with Gasteiger partial charge in [-0.05, 0) is 68.5 Å². The van der Waals surface area contributed by atoms with E-state index in [4.69, 9.17) is 16.3 Å². The van der Waals surface area contributed by atoms with E-state index in [2.05, 4.69) is 38.1 Å². The van der Waals surface area contributed by atoms with Crippen molar-refractivity contribution in [3.8, 4) is 5.75 Å². The van der Waals surface area contributed by atoms with Gasteiger partial charge in [0.05, 0.1) is 11.5 Å². The quantitative estimate of drug-likeness (QED) is 0.652. The Morgan fingerprint density at radius 2 is 1.76 bits per heavy atom. The van der Waals surface area contributed by atoms with Crippen molar-refractivity contribution in [2.75, 3.05) is 0 Å². The van der Waals surface area contributed by atoms with E-state index in [9.17, 15) is 0 Å². The van der Waals surface area contributed by atoms with Crippen molar-refractivity contribution in [1.82, 2.24) is 0 Å². The lowest BCUT2D eigenvalue weighted by atomic mass is 10.00. The van der Waals surface area contributed by atoms with Crippen LogP contribution in [-0.4, -0.2) is 6.10 Å². The number of alkyl halides is 1. The summed E-state index contributed by atoms with van der Waals surface area (Å²) in [6.07, 6.45) is 1.00. The predicted molar refractivity (Wildman–Crippen MR) is 90.4 cm³/mol. The third-order valence-electron chi connectivity index (χ3n) is 3.58. The number of halogens is 1. The van der Waals surface area contributed by atoms with Crippen molar-refractivity contribution in [2.45, 2.75) is 45.6 Å². The highest BCUT2D eigenvalue weighted by Crippen LogP contribution is 2.28. The maximum atomic E-state index is 6.59. The summed E-state index contributed by atoms with van der Waals surface area (Å²) in [4.78, 5) is 0. The van der Waals surface area contributed by atoms with Gasteiger partial charge in [0.1, 0.15) is 5.75 Å². The summed E-state index contributed by atoms with van der Waals surface area (Å²) in [6, 6.07) is 14.6. The van der Waals surface area contributed by atoms with E-state index in [-0.39, 0.29) is 11.5 Å². The summed E-state index contributed by atoms with van der Waals surface area (Å²) in [6.45, 7) is 8.32. The number of ether oxygens (including phenoxy) is 1. The van der Waals surface area contributed by atoms with Crippen LogP contribution in [0.3, 0.4) is 0 Å². The van der Waals surface area contributed by atoms with Crippen molar-refractivity contribution >= 4 is 11.6 Å². The van der Waals surface area contributed by atoms with Gasteiger partial charge >= 0.3 is 0 Å². The molecule has 0 fully saturated rings. The molecule has 0 heterocycles. The van der Waals surface area contributed by atoms with Gasteiger partial charge in [0.15, 0.2) is 0 Å². The summed E-state index contributed by atoms with van der Waals surface area (Å²) >= 11 is 6.59. The Morgan fingerprint density at radius 1 is 1.00 bits per heavy atom. The Bertz CT molecular complexity index is 604. The monoisotopic (exact) mass is 302 g/mol. The average Bonchev–Trinajstić information content (AvgIpc) is 2.42. The first-order valence-corrected chi connectivity index (χ1v) is 7.86. The Morgan fingerprint density at radius 3 is 2.43 bits per heavy atom. The molecule has 0 aromatic heterocycles. The van der Waals surface area contributed by atoms with E-state index >= 15 is 0 Å². The maximum Gasteiger partial charge on any atom is 0.120 e. The molecule has 0 amide bonds. The summed E-state index contributed by atoms with van der Waals surface area (Å²) < 4.78 is 5.73. The second-order valence-corrected chi connectivity index (χ2v) is 6.36. The lowest BCUT2D eigenvalue weighted by molar-refractivity contribution is 0.242. The molecule has 2 heteroatoms. The van der Waals surface area contributed by atoms with Crippen molar-refractivity contribution in [1.29, 1.82) is 0 Å². The third-order valence-corrected chi connectivity index (χ3v) is 3.98. The van der Waals surface area contributed by atoms with Gasteiger partial charge in [0, 0.05) is 0 Å². The molecular weight excluding hydrogens is 280 g/mol. The van der Waals surface area contributed by atoms with Gasteiger partial charge in [-0.3, -0.25) is 0 Å². The minimum absolute atomic E-state index is 0.0391. The first kappa shape index (κ1) is 15.9. The number of benzene rings is 2. The zero-order valence-corrected chi connectivity index (χ0v) is 13.9.